The highest BCUT2D eigenvalue weighted by Crippen LogP contribution is 2.23. The number of nitrogens with zero attached hydrogens (tertiary/aromatic N) is 3. The van der Waals surface area contributed by atoms with Crippen molar-refractivity contribution in [3.05, 3.63) is 76.7 Å². The van der Waals surface area contributed by atoms with Gasteiger partial charge in [0.2, 0.25) is 0 Å². The lowest BCUT2D eigenvalue weighted by atomic mass is 9.93. The molecule has 1 atom stereocenters. The molecule has 31 heavy (non-hydrogen) atoms. The normalized spacial score (nSPS) is 13.8. The maximum atomic E-state index is 12.0. The second-order valence-corrected chi connectivity index (χ2v) is 7.71. The van der Waals surface area contributed by atoms with Crippen LogP contribution in [0.4, 0.5) is 5.82 Å². The van der Waals surface area contributed by atoms with Crippen molar-refractivity contribution in [1.82, 2.24) is 14.8 Å². The number of carbonyl (C=O) groups is 2. The van der Waals surface area contributed by atoms with Gasteiger partial charge >= 0.3 is 5.97 Å². The Morgan fingerprint density at radius 3 is 2.74 bits per heavy atom. The van der Waals surface area contributed by atoms with E-state index in [1.165, 1.54) is 5.56 Å². The highest BCUT2D eigenvalue weighted by atomic mass is 16.4. The lowest BCUT2D eigenvalue weighted by Gasteiger charge is -2.17. The lowest BCUT2D eigenvalue weighted by molar-refractivity contribution is -0.138. The van der Waals surface area contributed by atoms with Crippen molar-refractivity contribution in [3.8, 4) is 0 Å². The second kappa shape index (κ2) is 8.99. The maximum absolute atomic E-state index is 12.0. The molecule has 8 nitrogen and oxygen atoms in total. The number of pyridine rings is 1. The molecule has 0 saturated carbocycles. The number of benzene rings is 1. The van der Waals surface area contributed by atoms with Gasteiger partial charge in [-0.05, 0) is 30.0 Å². The van der Waals surface area contributed by atoms with Gasteiger partial charge < -0.3 is 16.2 Å². The number of aryl methyl sites for hydroxylation is 3. The van der Waals surface area contributed by atoms with E-state index >= 15 is 0 Å². The van der Waals surface area contributed by atoms with Crippen LogP contribution in [-0.2, 0) is 30.6 Å². The van der Waals surface area contributed by atoms with Crippen LogP contribution in [0.1, 0.15) is 45.2 Å². The van der Waals surface area contributed by atoms with Crippen molar-refractivity contribution < 1.29 is 14.7 Å². The lowest BCUT2D eigenvalue weighted by Crippen LogP contribution is -2.18. The van der Waals surface area contributed by atoms with Crippen LogP contribution in [0.2, 0.25) is 0 Å². The number of carbonyl (C=O) groups excluding carboxylic acids is 1. The fourth-order valence-electron chi connectivity index (χ4n) is 3.90. The van der Waals surface area contributed by atoms with Gasteiger partial charge in [-0.1, -0.05) is 36.4 Å². The van der Waals surface area contributed by atoms with Crippen LogP contribution in [0.25, 0.3) is 0 Å². The number of aromatic nitrogens is 3. The second-order valence-electron chi connectivity index (χ2n) is 7.71. The van der Waals surface area contributed by atoms with E-state index in [2.05, 4.69) is 21.5 Å². The zero-order valence-electron chi connectivity index (χ0n) is 17.1. The summed E-state index contributed by atoms with van der Waals surface area (Å²) in [5.41, 5.74) is 9.00. The predicted molar refractivity (Wildman–Crippen MR) is 116 cm³/mol. The first-order valence-corrected chi connectivity index (χ1v) is 10.4. The molecule has 2 aromatic heterocycles. The Morgan fingerprint density at radius 2 is 2.00 bits per heavy atom. The fraction of sp³-hybridized carbons (Fsp3) is 0.304. The number of carboxylic acids is 1. The number of primary amides is 1. The van der Waals surface area contributed by atoms with Crippen LogP contribution in [-0.4, -0.2) is 38.3 Å². The minimum absolute atomic E-state index is 0.0889. The van der Waals surface area contributed by atoms with Crippen LogP contribution in [0.3, 0.4) is 0 Å². The third-order valence-electron chi connectivity index (χ3n) is 5.55. The number of nitrogens with one attached hydrogen (secondary N) is 1. The van der Waals surface area contributed by atoms with Gasteiger partial charge in [-0.15, -0.1) is 0 Å². The van der Waals surface area contributed by atoms with E-state index < -0.39 is 17.8 Å². The standard InChI is InChI=1S/C23H25N5O3/c24-21(29)19-14-28(12-10-17-9-8-16-7-4-11-25-22(16)26-17)27-20(19)13-18(23(30)31)15-5-2-1-3-6-15/h1-3,5-6,8-9,14,18H,4,7,10-13H2,(H2,24,29)(H,25,26)(H,30,31). The van der Waals surface area contributed by atoms with Crippen molar-refractivity contribution in [2.45, 2.75) is 38.1 Å². The zero-order chi connectivity index (χ0) is 21.8. The molecule has 1 aromatic carbocycles. The van der Waals surface area contributed by atoms with Gasteiger partial charge in [-0.3, -0.25) is 14.3 Å². The van der Waals surface area contributed by atoms with E-state index in [1.54, 1.807) is 35.1 Å². The molecule has 0 fully saturated rings. The first-order chi connectivity index (χ1) is 15.0. The van der Waals surface area contributed by atoms with Crippen molar-refractivity contribution in [3.63, 3.8) is 0 Å². The first-order valence-electron chi connectivity index (χ1n) is 10.4. The Kier molecular flexibility index (Phi) is 5.97. The average molecular weight is 419 g/mol. The van der Waals surface area contributed by atoms with Crippen molar-refractivity contribution in [2.75, 3.05) is 11.9 Å². The summed E-state index contributed by atoms with van der Waals surface area (Å²) >= 11 is 0. The van der Waals surface area contributed by atoms with E-state index in [1.807, 2.05) is 12.1 Å². The number of aliphatic carboxylic acids is 1. The number of rotatable bonds is 8. The first kappa shape index (κ1) is 20.6. The zero-order valence-corrected chi connectivity index (χ0v) is 17.1. The van der Waals surface area contributed by atoms with Gasteiger partial charge in [-0.25, -0.2) is 4.98 Å². The molecule has 160 valence electrons. The number of carboxylic acid groups (broad SMARTS) is 1. The van der Waals surface area contributed by atoms with Crippen LogP contribution >= 0.6 is 0 Å². The third-order valence-corrected chi connectivity index (χ3v) is 5.55. The number of amides is 1. The predicted octanol–water partition coefficient (Wildman–Crippen LogP) is 2.39. The molecule has 4 rings (SSSR count). The molecule has 1 unspecified atom stereocenters. The van der Waals surface area contributed by atoms with Gasteiger partial charge in [0.25, 0.3) is 5.91 Å². The summed E-state index contributed by atoms with van der Waals surface area (Å²) in [6.07, 6.45) is 4.46. The Bertz CT molecular complexity index is 1090. The molecule has 1 aliphatic rings. The molecule has 0 aliphatic carbocycles. The Morgan fingerprint density at radius 1 is 1.19 bits per heavy atom. The highest BCUT2D eigenvalue weighted by Gasteiger charge is 2.25. The van der Waals surface area contributed by atoms with E-state index in [4.69, 9.17) is 5.73 Å². The number of hydrogen-bond acceptors (Lipinski definition) is 5. The molecule has 0 spiro atoms. The maximum Gasteiger partial charge on any atom is 0.311 e. The van der Waals surface area contributed by atoms with Gasteiger partial charge in [0.05, 0.1) is 17.2 Å². The summed E-state index contributed by atoms with van der Waals surface area (Å²) < 4.78 is 1.65. The third kappa shape index (κ3) is 4.74. The SMILES string of the molecule is NC(=O)c1cn(CCc2ccc3c(n2)NCCC3)nc1CC(C(=O)O)c1ccccc1. The summed E-state index contributed by atoms with van der Waals surface area (Å²) in [5, 5.41) is 17.5. The fourth-order valence-corrected chi connectivity index (χ4v) is 3.90. The van der Waals surface area contributed by atoms with Gasteiger partial charge in [0.1, 0.15) is 5.82 Å². The topological polar surface area (TPSA) is 123 Å². The quantitative estimate of drug-likeness (QED) is 0.515. The molecule has 0 saturated heterocycles. The molecular formula is C23H25N5O3. The molecule has 4 N–H and O–H groups in total. The van der Waals surface area contributed by atoms with E-state index in [-0.39, 0.29) is 12.0 Å². The van der Waals surface area contributed by atoms with Crippen molar-refractivity contribution >= 4 is 17.7 Å². The number of hydrogen-bond donors (Lipinski definition) is 3. The molecule has 3 heterocycles. The van der Waals surface area contributed by atoms with E-state index in [9.17, 15) is 14.7 Å². The molecule has 8 heteroatoms. The minimum atomic E-state index is -0.970. The molecule has 3 aromatic rings. The summed E-state index contributed by atoms with van der Waals surface area (Å²) in [5.74, 6) is -1.46. The van der Waals surface area contributed by atoms with Crippen LogP contribution in [0.15, 0.2) is 48.7 Å². The van der Waals surface area contributed by atoms with Crippen LogP contribution < -0.4 is 11.1 Å². The molecule has 0 radical (unpaired) electrons. The van der Waals surface area contributed by atoms with Crippen LogP contribution in [0.5, 0.6) is 0 Å². The van der Waals surface area contributed by atoms with E-state index in [0.29, 0.717) is 24.2 Å². The molecule has 1 amide bonds. The summed E-state index contributed by atoms with van der Waals surface area (Å²) in [6, 6.07) is 13.0. The Balaban J connectivity index is 1.52. The Hall–Kier alpha value is -3.68. The minimum Gasteiger partial charge on any atom is -0.481 e. The monoisotopic (exact) mass is 419 g/mol. The number of fused-ring (bicyclic) bond motifs is 1. The van der Waals surface area contributed by atoms with E-state index in [0.717, 1.165) is 30.9 Å². The van der Waals surface area contributed by atoms with Gasteiger partial charge in [0, 0.05) is 37.8 Å². The van der Waals surface area contributed by atoms with Crippen LogP contribution in [0, 0.1) is 0 Å². The van der Waals surface area contributed by atoms with Crippen molar-refractivity contribution in [1.29, 1.82) is 0 Å². The van der Waals surface area contributed by atoms with Gasteiger partial charge in [0.15, 0.2) is 0 Å². The smallest absolute Gasteiger partial charge is 0.311 e. The van der Waals surface area contributed by atoms with Gasteiger partial charge in [-0.2, -0.15) is 5.10 Å². The van der Waals surface area contributed by atoms with Crippen molar-refractivity contribution in [2.24, 2.45) is 5.73 Å². The summed E-state index contributed by atoms with van der Waals surface area (Å²) in [4.78, 5) is 28.5. The number of anilines is 1. The summed E-state index contributed by atoms with van der Waals surface area (Å²) in [6.45, 7) is 1.44. The Labute approximate surface area is 180 Å². The largest absolute Gasteiger partial charge is 0.481 e. The molecule has 0 bridgehead atoms. The average Bonchev–Trinajstić information content (AvgIpc) is 3.19. The highest BCUT2D eigenvalue weighted by molar-refractivity contribution is 5.94. The summed E-state index contributed by atoms with van der Waals surface area (Å²) in [7, 11) is 0. The molecule has 1 aliphatic heterocycles. The molecular weight excluding hydrogens is 394 g/mol. The number of nitrogens with two attached hydrogens (primary N) is 1.